The monoisotopic (exact) mass is 530 g/mol. The van der Waals surface area contributed by atoms with Crippen molar-refractivity contribution < 1.29 is 9.47 Å². The highest BCUT2D eigenvalue weighted by Gasteiger charge is 2.40. The second-order valence-electron chi connectivity index (χ2n) is 11.2. The predicted molar refractivity (Wildman–Crippen MR) is 166 cm³/mol. The number of likely N-dealkylation sites (tertiary alicyclic amines) is 1. The minimum Gasteiger partial charge on any atom is -0.473 e. The van der Waals surface area contributed by atoms with Crippen molar-refractivity contribution in [2.24, 2.45) is 0 Å². The van der Waals surface area contributed by atoms with Crippen LogP contribution in [0.5, 0.6) is 5.75 Å². The first kappa shape index (κ1) is 25.2. The van der Waals surface area contributed by atoms with E-state index in [-0.39, 0.29) is 0 Å². The van der Waals surface area contributed by atoms with Crippen LogP contribution in [-0.4, -0.2) is 49.9 Å². The third kappa shape index (κ3) is 4.65. The van der Waals surface area contributed by atoms with Crippen molar-refractivity contribution in [1.82, 2.24) is 4.90 Å². The summed E-state index contributed by atoms with van der Waals surface area (Å²) >= 11 is 0. The van der Waals surface area contributed by atoms with Crippen molar-refractivity contribution in [2.75, 3.05) is 44.3 Å². The van der Waals surface area contributed by atoms with Gasteiger partial charge < -0.3 is 19.3 Å². The quantitative estimate of drug-likeness (QED) is 0.408. The molecule has 7 rings (SSSR count). The predicted octanol–water partition coefficient (Wildman–Crippen LogP) is 7.52. The summed E-state index contributed by atoms with van der Waals surface area (Å²) in [6.45, 7) is 5.60. The Morgan fingerprint density at radius 2 is 1.62 bits per heavy atom. The van der Waals surface area contributed by atoms with Gasteiger partial charge in [0.2, 0.25) is 0 Å². The lowest BCUT2D eigenvalue weighted by Gasteiger charge is -2.39. The molecule has 3 heterocycles. The summed E-state index contributed by atoms with van der Waals surface area (Å²) in [6.07, 6.45) is 30.5. The Labute approximate surface area is 237 Å². The van der Waals surface area contributed by atoms with Gasteiger partial charge in [-0.05, 0) is 61.3 Å². The van der Waals surface area contributed by atoms with Gasteiger partial charge in [0.25, 0.3) is 0 Å². The zero-order valence-electron chi connectivity index (χ0n) is 23.2. The Kier molecular flexibility index (Phi) is 6.95. The Hall–Kier alpha value is -3.76. The van der Waals surface area contributed by atoms with Crippen LogP contribution in [0.15, 0.2) is 108 Å². The number of allylic oxidation sites excluding steroid dienone is 8. The van der Waals surface area contributed by atoms with Crippen LogP contribution in [0.4, 0.5) is 5.69 Å². The molecule has 5 aliphatic rings. The molecule has 0 spiro atoms. The summed E-state index contributed by atoms with van der Waals surface area (Å²) < 4.78 is 13.0. The minimum atomic E-state index is -0.668. The molecule has 1 atom stereocenters. The van der Waals surface area contributed by atoms with Crippen LogP contribution in [-0.2, 0) is 4.74 Å². The molecule has 0 amide bonds. The van der Waals surface area contributed by atoms with Gasteiger partial charge >= 0.3 is 0 Å². The molecular formula is C36H38N2O2. The van der Waals surface area contributed by atoms with Gasteiger partial charge in [0.15, 0.2) is 5.60 Å². The summed E-state index contributed by atoms with van der Waals surface area (Å²) in [5, 5.41) is 2.51. The number of anilines is 1. The van der Waals surface area contributed by atoms with Crippen molar-refractivity contribution in [3.8, 4) is 5.75 Å². The third-order valence-electron chi connectivity index (χ3n) is 8.85. The molecule has 0 aromatic heterocycles. The van der Waals surface area contributed by atoms with Crippen LogP contribution < -0.4 is 9.64 Å². The summed E-state index contributed by atoms with van der Waals surface area (Å²) in [4.78, 5) is 5.00. The molecule has 4 nitrogen and oxygen atoms in total. The van der Waals surface area contributed by atoms with Crippen molar-refractivity contribution in [2.45, 2.75) is 37.7 Å². The SMILES string of the molecule is C1=CC=C(C2(C3=CCC=C(N4CCCCC4)C=C3)C=Cc3c(cc(N4CCOCC4)c4ccccc34)O2)CC=C1. The van der Waals surface area contributed by atoms with Crippen molar-refractivity contribution >= 4 is 22.5 Å². The molecule has 2 aromatic carbocycles. The van der Waals surface area contributed by atoms with E-state index in [1.165, 1.54) is 52.6 Å². The van der Waals surface area contributed by atoms with E-state index in [1.54, 1.807) is 0 Å². The van der Waals surface area contributed by atoms with E-state index in [2.05, 4.69) is 107 Å². The van der Waals surface area contributed by atoms with Crippen LogP contribution in [0.3, 0.4) is 0 Å². The van der Waals surface area contributed by atoms with E-state index in [9.17, 15) is 0 Å². The number of hydrogen-bond donors (Lipinski definition) is 0. The Morgan fingerprint density at radius 1 is 0.775 bits per heavy atom. The molecule has 1 unspecified atom stereocenters. The molecule has 3 aliphatic heterocycles. The van der Waals surface area contributed by atoms with Gasteiger partial charge in [0.05, 0.1) is 13.2 Å². The fourth-order valence-corrected chi connectivity index (χ4v) is 6.73. The molecule has 0 N–H and O–H groups in total. The topological polar surface area (TPSA) is 24.9 Å². The molecule has 4 heteroatoms. The minimum absolute atomic E-state index is 0.668. The van der Waals surface area contributed by atoms with Crippen molar-refractivity contribution in [3.05, 3.63) is 113 Å². The number of hydrogen-bond acceptors (Lipinski definition) is 4. The van der Waals surface area contributed by atoms with E-state index in [1.807, 2.05) is 0 Å². The van der Waals surface area contributed by atoms with Crippen LogP contribution in [0, 0.1) is 0 Å². The summed E-state index contributed by atoms with van der Waals surface area (Å²) in [5.41, 5.74) is 5.52. The van der Waals surface area contributed by atoms with Crippen LogP contribution in [0.25, 0.3) is 16.8 Å². The number of benzene rings is 2. The highest BCUT2D eigenvalue weighted by atomic mass is 16.5. The van der Waals surface area contributed by atoms with Crippen LogP contribution in [0.2, 0.25) is 0 Å². The second kappa shape index (κ2) is 11.0. The molecule has 0 saturated carbocycles. The number of ether oxygens (including phenoxy) is 2. The number of morpholine rings is 1. The standard InChI is InChI=1S/C36H38N2O2/c1-2-5-12-28(11-4-1)36(29-13-10-14-30(18-17-29)37-21-8-3-9-22-37)20-19-33-31-15-6-7-16-32(31)34(27-35(33)40-36)38-23-25-39-26-24-38/h1-2,4-7,11,13-20,27H,3,8-10,12,21-26H2. The van der Waals surface area contributed by atoms with Crippen LogP contribution >= 0.6 is 0 Å². The number of piperidine rings is 1. The maximum atomic E-state index is 7.29. The van der Waals surface area contributed by atoms with E-state index in [0.717, 1.165) is 63.5 Å². The van der Waals surface area contributed by atoms with Gasteiger partial charge in [-0.1, -0.05) is 72.9 Å². The zero-order chi connectivity index (χ0) is 26.8. The smallest absolute Gasteiger partial charge is 0.174 e. The van der Waals surface area contributed by atoms with Gasteiger partial charge in [-0.15, -0.1) is 0 Å². The molecule has 2 saturated heterocycles. The maximum Gasteiger partial charge on any atom is 0.174 e. The van der Waals surface area contributed by atoms with Gasteiger partial charge in [-0.2, -0.15) is 0 Å². The molecule has 204 valence electrons. The molecule has 0 bridgehead atoms. The van der Waals surface area contributed by atoms with Crippen molar-refractivity contribution in [1.29, 1.82) is 0 Å². The summed E-state index contributed by atoms with van der Waals surface area (Å²) in [7, 11) is 0. The summed E-state index contributed by atoms with van der Waals surface area (Å²) in [5.74, 6) is 0.948. The van der Waals surface area contributed by atoms with E-state index < -0.39 is 5.60 Å². The average molecular weight is 531 g/mol. The Balaban J connectivity index is 1.32. The lowest BCUT2D eigenvalue weighted by atomic mass is 9.80. The maximum absolute atomic E-state index is 7.29. The molecule has 40 heavy (non-hydrogen) atoms. The Bertz CT molecular complexity index is 1490. The molecule has 0 radical (unpaired) electrons. The lowest BCUT2D eigenvalue weighted by molar-refractivity contribution is 0.122. The van der Waals surface area contributed by atoms with Gasteiger partial charge in [-0.25, -0.2) is 0 Å². The number of rotatable bonds is 4. The van der Waals surface area contributed by atoms with Gasteiger partial charge in [0, 0.05) is 60.2 Å². The van der Waals surface area contributed by atoms with Gasteiger partial charge in [-0.3, -0.25) is 0 Å². The average Bonchev–Trinajstić information content (AvgIpc) is 3.46. The first-order valence-electron chi connectivity index (χ1n) is 15.0. The van der Waals surface area contributed by atoms with Gasteiger partial charge in [0.1, 0.15) is 5.75 Å². The summed E-state index contributed by atoms with van der Waals surface area (Å²) in [6, 6.07) is 11.0. The fourth-order valence-electron chi connectivity index (χ4n) is 6.73. The lowest BCUT2D eigenvalue weighted by Crippen LogP contribution is -2.40. The number of nitrogens with zero attached hydrogens (tertiary/aromatic N) is 2. The van der Waals surface area contributed by atoms with Crippen LogP contribution in [0.1, 0.15) is 37.7 Å². The molecule has 2 aromatic rings. The Morgan fingerprint density at radius 3 is 2.50 bits per heavy atom. The fraction of sp³-hybridized carbons (Fsp3) is 0.333. The molecule has 2 fully saturated rings. The molecule has 2 aliphatic carbocycles. The largest absolute Gasteiger partial charge is 0.473 e. The zero-order valence-corrected chi connectivity index (χ0v) is 23.2. The van der Waals surface area contributed by atoms with E-state index in [0.29, 0.717) is 0 Å². The van der Waals surface area contributed by atoms with E-state index in [4.69, 9.17) is 9.47 Å². The normalized spacial score (nSPS) is 24.6. The van der Waals surface area contributed by atoms with E-state index >= 15 is 0 Å². The first-order valence-corrected chi connectivity index (χ1v) is 15.0. The highest BCUT2D eigenvalue weighted by Crippen LogP contribution is 2.47. The van der Waals surface area contributed by atoms with Crippen molar-refractivity contribution in [3.63, 3.8) is 0 Å². The second-order valence-corrected chi connectivity index (χ2v) is 11.2. The number of fused-ring (bicyclic) bond motifs is 3. The highest BCUT2D eigenvalue weighted by molar-refractivity contribution is 6.02. The first-order chi connectivity index (χ1) is 19.8. The third-order valence-corrected chi connectivity index (χ3v) is 8.85. The molecular weight excluding hydrogens is 492 g/mol.